The van der Waals surface area contributed by atoms with Crippen molar-refractivity contribution in [1.29, 1.82) is 0 Å². The number of hydrogen-bond acceptors (Lipinski definition) is 5. The van der Waals surface area contributed by atoms with Crippen LogP contribution in [0.3, 0.4) is 0 Å². The topological polar surface area (TPSA) is 77.8 Å². The van der Waals surface area contributed by atoms with E-state index in [1.54, 1.807) is 6.20 Å². The maximum atomic E-state index is 6.11. The van der Waals surface area contributed by atoms with Gasteiger partial charge >= 0.3 is 0 Å². The molecule has 0 aliphatic rings. The summed E-state index contributed by atoms with van der Waals surface area (Å²) in [6.45, 7) is 3.98. The zero-order valence-electron chi connectivity index (χ0n) is 12.0. The van der Waals surface area contributed by atoms with E-state index in [0.29, 0.717) is 23.8 Å². The lowest BCUT2D eigenvalue weighted by atomic mass is 10.0. The molecule has 2 N–H and O–H groups in total. The molecule has 0 spiro atoms. The molecule has 3 aromatic rings. The third-order valence-corrected chi connectivity index (χ3v) is 3.30. The second kappa shape index (κ2) is 5.36. The highest BCUT2D eigenvalue weighted by atomic mass is 16.5. The van der Waals surface area contributed by atoms with Crippen LogP contribution in [0, 0.1) is 13.8 Å². The molecular weight excluding hydrogens is 264 g/mol. The van der Waals surface area contributed by atoms with Crippen LogP contribution in [0.4, 0.5) is 5.69 Å². The summed E-state index contributed by atoms with van der Waals surface area (Å²) in [5, 5.41) is 4.01. The lowest BCUT2D eigenvalue weighted by Crippen LogP contribution is -1.96. The molecule has 2 heterocycles. The van der Waals surface area contributed by atoms with Crippen LogP contribution >= 0.6 is 0 Å². The summed E-state index contributed by atoms with van der Waals surface area (Å²) in [5.41, 5.74) is 10.6. The molecule has 0 fully saturated rings. The van der Waals surface area contributed by atoms with E-state index in [2.05, 4.69) is 15.1 Å². The monoisotopic (exact) mass is 280 g/mol. The van der Waals surface area contributed by atoms with E-state index in [0.717, 1.165) is 22.4 Å². The standard InChI is InChI=1S/C16H16N4O/c1-10-7-11(2)15(17)13(8-10)16-19-14(20-21-16)9-12-5-3-4-6-18-12/h3-8H,9,17H2,1-2H3. The van der Waals surface area contributed by atoms with Crippen LogP contribution in [-0.4, -0.2) is 15.1 Å². The summed E-state index contributed by atoms with van der Waals surface area (Å²) in [6, 6.07) is 9.73. The minimum Gasteiger partial charge on any atom is -0.398 e. The third-order valence-electron chi connectivity index (χ3n) is 3.30. The molecule has 0 bridgehead atoms. The number of hydrogen-bond donors (Lipinski definition) is 1. The van der Waals surface area contributed by atoms with Gasteiger partial charge in [0.15, 0.2) is 5.82 Å². The number of pyridine rings is 1. The fraction of sp³-hybridized carbons (Fsp3) is 0.188. The smallest absolute Gasteiger partial charge is 0.260 e. The fourth-order valence-corrected chi connectivity index (χ4v) is 2.26. The highest BCUT2D eigenvalue weighted by Crippen LogP contribution is 2.28. The zero-order chi connectivity index (χ0) is 14.8. The Morgan fingerprint density at radius 1 is 1.19 bits per heavy atom. The first-order valence-electron chi connectivity index (χ1n) is 6.73. The number of nitrogens with two attached hydrogens (primary N) is 1. The third kappa shape index (κ3) is 2.76. The molecule has 3 rings (SSSR count). The summed E-state index contributed by atoms with van der Waals surface area (Å²) in [7, 11) is 0. The molecule has 0 aliphatic heterocycles. The maximum absolute atomic E-state index is 6.11. The molecule has 5 nitrogen and oxygen atoms in total. The Morgan fingerprint density at radius 3 is 2.81 bits per heavy atom. The average Bonchev–Trinajstić information content (AvgIpc) is 2.92. The first kappa shape index (κ1) is 13.3. The maximum Gasteiger partial charge on any atom is 0.260 e. The van der Waals surface area contributed by atoms with Gasteiger partial charge in [-0.1, -0.05) is 17.3 Å². The summed E-state index contributed by atoms with van der Waals surface area (Å²) < 4.78 is 5.34. The van der Waals surface area contributed by atoms with Crippen LogP contribution < -0.4 is 5.73 Å². The highest BCUT2D eigenvalue weighted by molar-refractivity contribution is 5.74. The second-order valence-corrected chi connectivity index (χ2v) is 5.06. The lowest BCUT2D eigenvalue weighted by Gasteiger charge is -2.06. The Kier molecular flexibility index (Phi) is 3.39. The van der Waals surface area contributed by atoms with Crippen LogP contribution in [-0.2, 0) is 6.42 Å². The molecule has 0 unspecified atom stereocenters. The molecule has 106 valence electrons. The van der Waals surface area contributed by atoms with Gasteiger partial charge in [-0.25, -0.2) is 0 Å². The largest absolute Gasteiger partial charge is 0.398 e. The first-order valence-corrected chi connectivity index (χ1v) is 6.73. The van der Waals surface area contributed by atoms with Crippen molar-refractivity contribution in [3.8, 4) is 11.5 Å². The van der Waals surface area contributed by atoms with Crippen LogP contribution in [0.1, 0.15) is 22.6 Å². The van der Waals surface area contributed by atoms with Gasteiger partial charge in [-0.05, 0) is 43.2 Å². The summed E-state index contributed by atoms with van der Waals surface area (Å²) >= 11 is 0. The van der Waals surface area contributed by atoms with Gasteiger partial charge in [-0.15, -0.1) is 0 Å². The van der Waals surface area contributed by atoms with E-state index < -0.39 is 0 Å². The van der Waals surface area contributed by atoms with Gasteiger partial charge in [-0.2, -0.15) is 4.98 Å². The van der Waals surface area contributed by atoms with Crippen molar-refractivity contribution in [3.63, 3.8) is 0 Å². The molecule has 2 aromatic heterocycles. The molecule has 0 amide bonds. The Labute approximate surface area is 122 Å². The highest BCUT2D eigenvalue weighted by Gasteiger charge is 2.14. The summed E-state index contributed by atoms with van der Waals surface area (Å²) in [5.74, 6) is 1.05. The van der Waals surface area contributed by atoms with E-state index in [4.69, 9.17) is 10.3 Å². The number of benzene rings is 1. The quantitative estimate of drug-likeness (QED) is 0.746. The molecule has 1 aromatic carbocycles. The van der Waals surface area contributed by atoms with Crippen molar-refractivity contribution in [2.24, 2.45) is 0 Å². The first-order chi connectivity index (χ1) is 10.1. The van der Waals surface area contributed by atoms with Crippen molar-refractivity contribution in [1.82, 2.24) is 15.1 Å². The van der Waals surface area contributed by atoms with Gasteiger partial charge in [0.2, 0.25) is 0 Å². The molecule has 21 heavy (non-hydrogen) atoms. The summed E-state index contributed by atoms with van der Waals surface area (Å²) in [6.07, 6.45) is 2.28. The van der Waals surface area contributed by atoms with E-state index in [-0.39, 0.29) is 0 Å². The Morgan fingerprint density at radius 2 is 2.05 bits per heavy atom. The Balaban J connectivity index is 1.92. The molecule has 0 radical (unpaired) electrons. The Hall–Kier alpha value is -2.69. The average molecular weight is 280 g/mol. The van der Waals surface area contributed by atoms with Crippen molar-refractivity contribution in [2.75, 3.05) is 5.73 Å². The van der Waals surface area contributed by atoms with Crippen LogP contribution in [0.25, 0.3) is 11.5 Å². The summed E-state index contributed by atoms with van der Waals surface area (Å²) in [4.78, 5) is 8.68. The number of nitrogens with zero attached hydrogens (tertiary/aromatic N) is 3. The molecule has 0 saturated heterocycles. The lowest BCUT2D eigenvalue weighted by molar-refractivity contribution is 0.424. The van der Waals surface area contributed by atoms with E-state index in [1.165, 1.54) is 0 Å². The number of aryl methyl sites for hydroxylation is 2. The van der Waals surface area contributed by atoms with Crippen LogP contribution in [0.15, 0.2) is 41.1 Å². The van der Waals surface area contributed by atoms with Gasteiger partial charge in [0.25, 0.3) is 5.89 Å². The SMILES string of the molecule is Cc1cc(C)c(N)c(-c2nc(Cc3ccccn3)no2)c1. The normalized spacial score (nSPS) is 10.8. The number of aromatic nitrogens is 3. The minimum absolute atomic E-state index is 0.449. The molecule has 5 heteroatoms. The van der Waals surface area contributed by atoms with Gasteiger partial charge in [0.05, 0.1) is 12.0 Å². The molecular formula is C16H16N4O. The van der Waals surface area contributed by atoms with Crippen molar-refractivity contribution in [3.05, 3.63) is 59.2 Å². The number of rotatable bonds is 3. The van der Waals surface area contributed by atoms with Gasteiger partial charge < -0.3 is 10.3 Å². The van der Waals surface area contributed by atoms with Crippen LogP contribution in [0.5, 0.6) is 0 Å². The predicted molar refractivity (Wildman–Crippen MR) is 80.7 cm³/mol. The second-order valence-electron chi connectivity index (χ2n) is 5.06. The van der Waals surface area contributed by atoms with Crippen molar-refractivity contribution in [2.45, 2.75) is 20.3 Å². The minimum atomic E-state index is 0.449. The Bertz CT molecular complexity index is 765. The van der Waals surface area contributed by atoms with Gasteiger partial charge in [0, 0.05) is 17.6 Å². The van der Waals surface area contributed by atoms with Crippen LogP contribution in [0.2, 0.25) is 0 Å². The molecule has 0 saturated carbocycles. The molecule has 0 atom stereocenters. The zero-order valence-corrected chi connectivity index (χ0v) is 12.0. The molecule has 0 aliphatic carbocycles. The fourth-order valence-electron chi connectivity index (χ4n) is 2.26. The van der Waals surface area contributed by atoms with Gasteiger partial charge in [-0.3, -0.25) is 4.98 Å². The van der Waals surface area contributed by atoms with E-state index in [1.807, 2.05) is 44.2 Å². The predicted octanol–water partition coefficient (Wildman–Crippen LogP) is 2.92. The van der Waals surface area contributed by atoms with E-state index >= 15 is 0 Å². The number of anilines is 1. The van der Waals surface area contributed by atoms with Crippen molar-refractivity contribution >= 4 is 5.69 Å². The van der Waals surface area contributed by atoms with E-state index in [9.17, 15) is 0 Å². The van der Waals surface area contributed by atoms with Crippen molar-refractivity contribution < 1.29 is 4.52 Å². The van der Waals surface area contributed by atoms with Gasteiger partial charge in [0.1, 0.15) is 0 Å². The number of nitrogen functional groups attached to an aromatic ring is 1.